The smallest absolute Gasteiger partial charge is 0.333 e. The molecular weight excluding hydrogens is 308 g/mol. The number of hydrogen-bond donors (Lipinski definition) is 2. The van der Waals surface area contributed by atoms with E-state index in [1.807, 2.05) is 0 Å². The minimum atomic E-state index is -0.402. The first-order valence-corrected chi connectivity index (χ1v) is 9.09. The highest BCUT2D eigenvalue weighted by atomic mass is 16.5. The van der Waals surface area contributed by atoms with Gasteiger partial charge in [-0.2, -0.15) is 0 Å². The van der Waals surface area contributed by atoms with Crippen LogP contribution in [-0.4, -0.2) is 42.8 Å². The molecule has 1 fully saturated rings. The van der Waals surface area contributed by atoms with Crippen LogP contribution in [0.3, 0.4) is 0 Å². The molecule has 0 radical (unpaired) electrons. The first-order valence-electron chi connectivity index (χ1n) is 9.09. The number of nitrogens with one attached hydrogen (secondary N) is 1. The van der Waals surface area contributed by atoms with E-state index in [0.717, 1.165) is 25.7 Å². The standard InChI is InChI=1S/C18H30N2O4/c1-4-13(5-2)24-15-10-12(18(22)23-6-3)9-14(19)16(15)20-17(21)11-7-8-11/h10-11,13-16H,4-9,19H2,1-3H3,(H,20,21). The fourth-order valence-electron chi connectivity index (χ4n) is 3.01. The Labute approximate surface area is 144 Å². The molecule has 1 saturated carbocycles. The SMILES string of the molecule is CCOC(=O)C1=CC(OC(CC)CC)C(NC(=O)C2CC2)C(N)C1. The van der Waals surface area contributed by atoms with Crippen LogP contribution in [0.15, 0.2) is 11.6 Å². The Balaban J connectivity index is 2.16. The molecule has 136 valence electrons. The summed E-state index contributed by atoms with van der Waals surface area (Å²) >= 11 is 0. The van der Waals surface area contributed by atoms with Gasteiger partial charge in [0.1, 0.15) is 0 Å². The summed E-state index contributed by atoms with van der Waals surface area (Å²) < 4.78 is 11.2. The second kappa shape index (κ2) is 8.62. The van der Waals surface area contributed by atoms with Gasteiger partial charge in [-0.25, -0.2) is 4.79 Å². The average molecular weight is 338 g/mol. The molecule has 0 aromatic carbocycles. The van der Waals surface area contributed by atoms with Crippen molar-refractivity contribution < 1.29 is 19.1 Å². The van der Waals surface area contributed by atoms with Gasteiger partial charge in [0.2, 0.25) is 5.91 Å². The van der Waals surface area contributed by atoms with Crippen molar-refractivity contribution in [2.45, 2.75) is 77.2 Å². The number of carbonyl (C=O) groups is 2. The van der Waals surface area contributed by atoms with Crippen molar-refractivity contribution in [3.05, 3.63) is 11.6 Å². The lowest BCUT2D eigenvalue weighted by Gasteiger charge is -2.36. The van der Waals surface area contributed by atoms with E-state index in [4.69, 9.17) is 15.2 Å². The largest absolute Gasteiger partial charge is 0.463 e. The van der Waals surface area contributed by atoms with Crippen molar-refractivity contribution in [2.75, 3.05) is 6.61 Å². The molecular formula is C18H30N2O4. The molecule has 3 atom stereocenters. The lowest BCUT2D eigenvalue weighted by Crippen LogP contribution is -2.57. The van der Waals surface area contributed by atoms with E-state index in [1.165, 1.54) is 0 Å². The zero-order valence-electron chi connectivity index (χ0n) is 14.9. The summed E-state index contributed by atoms with van der Waals surface area (Å²) in [6.07, 6.45) is 5.46. The number of esters is 1. The van der Waals surface area contributed by atoms with E-state index in [-0.39, 0.29) is 36.0 Å². The van der Waals surface area contributed by atoms with Gasteiger partial charge in [0.25, 0.3) is 0 Å². The summed E-state index contributed by atoms with van der Waals surface area (Å²) in [5.74, 6) is -0.193. The number of amides is 1. The van der Waals surface area contributed by atoms with Crippen LogP contribution in [-0.2, 0) is 19.1 Å². The zero-order valence-corrected chi connectivity index (χ0v) is 14.9. The summed E-state index contributed by atoms with van der Waals surface area (Å²) in [6.45, 7) is 6.22. The van der Waals surface area contributed by atoms with Gasteiger partial charge in [0.15, 0.2) is 0 Å². The first-order chi connectivity index (χ1) is 11.5. The second-order valence-corrected chi connectivity index (χ2v) is 6.63. The maximum absolute atomic E-state index is 12.2. The highest BCUT2D eigenvalue weighted by molar-refractivity contribution is 5.89. The van der Waals surface area contributed by atoms with Gasteiger partial charge in [0, 0.05) is 17.5 Å². The second-order valence-electron chi connectivity index (χ2n) is 6.63. The minimum absolute atomic E-state index is 0.0431. The van der Waals surface area contributed by atoms with E-state index >= 15 is 0 Å². The van der Waals surface area contributed by atoms with Crippen molar-refractivity contribution in [3.63, 3.8) is 0 Å². The molecule has 0 aliphatic heterocycles. The Kier molecular flexibility index (Phi) is 6.80. The molecule has 2 aliphatic rings. The summed E-state index contributed by atoms with van der Waals surface area (Å²) in [5, 5.41) is 3.04. The van der Waals surface area contributed by atoms with Crippen LogP contribution >= 0.6 is 0 Å². The van der Waals surface area contributed by atoms with E-state index in [1.54, 1.807) is 13.0 Å². The monoisotopic (exact) mass is 338 g/mol. The lowest BCUT2D eigenvalue weighted by molar-refractivity contribution is -0.139. The predicted octanol–water partition coefficient (Wildman–Crippen LogP) is 1.68. The van der Waals surface area contributed by atoms with E-state index in [9.17, 15) is 9.59 Å². The molecule has 24 heavy (non-hydrogen) atoms. The molecule has 0 spiro atoms. The first kappa shape index (κ1) is 18.9. The van der Waals surface area contributed by atoms with Crippen LogP contribution in [0.5, 0.6) is 0 Å². The Hall–Kier alpha value is -1.40. The molecule has 2 aliphatic carbocycles. The third-order valence-corrected chi connectivity index (χ3v) is 4.69. The van der Waals surface area contributed by atoms with Crippen LogP contribution in [0.1, 0.15) is 52.9 Å². The van der Waals surface area contributed by atoms with Crippen LogP contribution in [0.4, 0.5) is 0 Å². The Morgan fingerprint density at radius 1 is 1.29 bits per heavy atom. The quantitative estimate of drug-likeness (QED) is 0.657. The van der Waals surface area contributed by atoms with E-state index in [0.29, 0.717) is 18.6 Å². The minimum Gasteiger partial charge on any atom is -0.463 e. The Morgan fingerprint density at radius 3 is 2.50 bits per heavy atom. The van der Waals surface area contributed by atoms with Crippen molar-refractivity contribution >= 4 is 11.9 Å². The van der Waals surface area contributed by atoms with Crippen molar-refractivity contribution in [1.82, 2.24) is 5.32 Å². The fraction of sp³-hybridized carbons (Fsp3) is 0.778. The number of carbonyl (C=O) groups excluding carboxylic acids is 2. The van der Waals surface area contributed by atoms with Gasteiger partial charge in [-0.05, 0) is 45.1 Å². The molecule has 6 nitrogen and oxygen atoms in total. The summed E-state index contributed by atoms with van der Waals surface area (Å²) in [7, 11) is 0. The molecule has 1 amide bonds. The Morgan fingerprint density at radius 2 is 1.96 bits per heavy atom. The van der Waals surface area contributed by atoms with Crippen LogP contribution in [0.2, 0.25) is 0 Å². The van der Waals surface area contributed by atoms with Crippen molar-refractivity contribution in [2.24, 2.45) is 11.7 Å². The number of ether oxygens (including phenoxy) is 2. The molecule has 0 bridgehead atoms. The van der Waals surface area contributed by atoms with Crippen LogP contribution in [0.25, 0.3) is 0 Å². The van der Waals surface area contributed by atoms with Gasteiger partial charge < -0.3 is 20.5 Å². The third-order valence-electron chi connectivity index (χ3n) is 4.69. The van der Waals surface area contributed by atoms with Crippen molar-refractivity contribution in [1.29, 1.82) is 0 Å². The number of nitrogens with two attached hydrogens (primary N) is 1. The lowest BCUT2D eigenvalue weighted by atomic mass is 9.88. The van der Waals surface area contributed by atoms with Gasteiger partial charge in [-0.15, -0.1) is 0 Å². The molecule has 0 aromatic rings. The van der Waals surface area contributed by atoms with E-state index in [2.05, 4.69) is 19.2 Å². The molecule has 0 aromatic heterocycles. The van der Waals surface area contributed by atoms with Gasteiger partial charge in [0.05, 0.1) is 24.9 Å². The van der Waals surface area contributed by atoms with Crippen LogP contribution < -0.4 is 11.1 Å². The third kappa shape index (κ3) is 4.80. The summed E-state index contributed by atoms with van der Waals surface area (Å²) in [4.78, 5) is 24.2. The average Bonchev–Trinajstić information content (AvgIpc) is 3.40. The molecule has 3 unspecified atom stereocenters. The number of rotatable bonds is 8. The zero-order chi connectivity index (χ0) is 17.7. The van der Waals surface area contributed by atoms with Gasteiger partial charge in [-0.3, -0.25) is 4.79 Å². The molecule has 0 heterocycles. The van der Waals surface area contributed by atoms with Crippen LogP contribution in [0, 0.1) is 5.92 Å². The van der Waals surface area contributed by atoms with Gasteiger partial charge in [-0.1, -0.05) is 13.8 Å². The number of hydrogen-bond acceptors (Lipinski definition) is 5. The molecule has 0 saturated heterocycles. The Bertz CT molecular complexity index is 483. The molecule has 6 heteroatoms. The summed E-state index contributed by atoms with van der Waals surface area (Å²) in [5.41, 5.74) is 6.82. The molecule has 3 N–H and O–H groups in total. The fourth-order valence-corrected chi connectivity index (χ4v) is 3.01. The van der Waals surface area contributed by atoms with Crippen molar-refractivity contribution in [3.8, 4) is 0 Å². The molecule has 2 rings (SSSR count). The topological polar surface area (TPSA) is 90.6 Å². The highest BCUT2D eigenvalue weighted by Gasteiger charge is 2.39. The maximum atomic E-state index is 12.2. The van der Waals surface area contributed by atoms with E-state index < -0.39 is 6.10 Å². The normalized spacial score (nSPS) is 26.9. The van der Waals surface area contributed by atoms with Gasteiger partial charge >= 0.3 is 5.97 Å². The predicted molar refractivity (Wildman–Crippen MR) is 91.2 cm³/mol. The maximum Gasteiger partial charge on any atom is 0.333 e. The highest BCUT2D eigenvalue weighted by Crippen LogP contribution is 2.30. The summed E-state index contributed by atoms with van der Waals surface area (Å²) in [6, 6.07) is -0.673.